The van der Waals surface area contributed by atoms with E-state index in [2.05, 4.69) is 30.3 Å². The minimum absolute atomic E-state index is 0.0589. The van der Waals surface area contributed by atoms with Gasteiger partial charge in [0.25, 0.3) is 5.95 Å². The third-order valence-corrected chi connectivity index (χ3v) is 6.01. The van der Waals surface area contributed by atoms with Crippen molar-refractivity contribution < 1.29 is 13.3 Å². The number of aryl methyl sites for hydroxylation is 1. The molecule has 0 aliphatic carbocycles. The van der Waals surface area contributed by atoms with E-state index in [1.807, 2.05) is 25.3 Å². The fourth-order valence-corrected chi connectivity index (χ4v) is 4.20. The van der Waals surface area contributed by atoms with Crippen LogP contribution in [0.3, 0.4) is 0 Å². The fourth-order valence-electron chi connectivity index (χ4n) is 4.20. The number of piperidine rings is 1. The summed E-state index contributed by atoms with van der Waals surface area (Å²) in [6.07, 6.45) is 4.37. The van der Waals surface area contributed by atoms with Gasteiger partial charge in [-0.1, -0.05) is 19.9 Å². The normalized spacial score (nSPS) is 15.0. The molecule has 4 heterocycles. The first-order chi connectivity index (χ1) is 15.9. The van der Waals surface area contributed by atoms with E-state index < -0.39 is 11.6 Å². The molecule has 0 atom stereocenters. The second-order valence-electron chi connectivity index (χ2n) is 8.72. The average Bonchev–Trinajstić information content (AvgIpc) is 3.42. The van der Waals surface area contributed by atoms with Gasteiger partial charge < -0.3 is 19.3 Å². The van der Waals surface area contributed by atoms with Crippen LogP contribution in [0.15, 0.2) is 35.2 Å². The molecule has 1 fully saturated rings. The first kappa shape index (κ1) is 21.3. The van der Waals surface area contributed by atoms with Crippen LogP contribution in [0.1, 0.15) is 50.1 Å². The van der Waals surface area contributed by atoms with E-state index in [9.17, 15) is 4.39 Å². The highest BCUT2D eigenvalue weighted by Crippen LogP contribution is 2.33. The Morgan fingerprint density at radius 2 is 1.91 bits per heavy atom. The number of aromatic nitrogens is 5. The number of fused-ring (bicyclic) bond motifs is 1. The number of hydrogen-bond acceptors (Lipinski definition) is 7. The third-order valence-electron chi connectivity index (χ3n) is 6.01. The summed E-state index contributed by atoms with van der Waals surface area (Å²) in [5, 5.41) is 7.26. The molecule has 33 heavy (non-hydrogen) atoms. The highest BCUT2D eigenvalue weighted by Gasteiger charge is 2.27. The van der Waals surface area contributed by atoms with Crippen molar-refractivity contribution in [3.05, 3.63) is 53.8 Å². The topological polar surface area (TPSA) is 84.9 Å². The summed E-state index contributed by atoms with van der Waals surface area (Å²) in [5.74, 6) is 0.763. The largest absolute Gasteiger partial charge is 0.338 e. The number of rotatable bonds is 5. The third kappa shape index (κ3) is 4.01. The van der Waals surface area contributed by atoms with Gasteiger partial charge in [0, 0.05) is 31.2 Å². The molecule has 8 nitrogen and oxygen atoms in total. The molecule has 172 valence electrons. The monoisotopic (exact) mass is 453 g/mol. The van der Waals surface area contributed by atoms with Crippen molar-refractivity contribution in [2.45, 2.75) is 45.6 Å². The first-order valence-electron chi connectivity index (χ1n) is 11.0. The Morgan fingerprint density at radius 1 is 1.12 bits per heavy atom. The summed E-state index contributed by atoms with van der Waals surface area (Å²) in [6.45, 7) is 7.26. The van der Waals surface area contributed by atoms with Crippen LogP contribution in [0.25, 0.3) is 11.0 Å². The quantitative estimate of drug-likeness (QED) is 0.449. The standard InChI is InChI=1S/C23H25F2N7O/c1-13(2)22-29-23(30-33-22)31-8-6-15(7-9-31)32-11-17(25)19-20(26-12-27-21(19)32)28-18-5-4-14(3)10-16(18)24/h4-5,10-13,15H,6-9H2,1-3H3,(H,26,27,28). The van der Waals surface area contributed by atoms with Crippen LogP contribution in [0, 0.1) is 18.6 Å². The molecule has 1 N–H and O–H groups in total. The lowest BCUT2D eigenvalue weighted by molar-refractivity contribution is 0.359. The Kier molecular flexibility index (Phi) is 5.43. The summed E-state index contributed by atoms with van der Waals surface area (Å²) in [4.78, 5) is 15.1. The summed E-state index contributed by atoms with van der Waals surface area (Å²) in [7, 11) is 0. The molecule has 1 aromatic carbocycles. The fraction of sp³-hybridized carbons (Fsp3) is 0.391. The van der Waals surface area contributed by atoms with Crippen molar-refractivity contribution in [3.8, 4) is 0 Å². The maximum absolute atomic E-state index is 15.0. The van der Waals surface area contributed by atoms with Gasteiger partial charge >= 0.3 is 0 Å². The molecule has 0 unspecified atom stereocenters. The van der Waals surface area contributed by atoms with Crippen LogP contribution < -0.4 is 10.2 Å². The molecule has 10 heteroatoms. The molecule has 3 aromatic heterocycles. The van der Waals surface area contributed by atoms with E-state index in [0.717, 1.165) is 18.4 Å². The highest BCUT2D eigenvalue weighted by atomic mass is 19.1. The van der Waals surface area contributed by atoms with Crippen LogP contribution in [-0.2, 0) is 0 Å². The van der Waals surface area contributed by atoms with E-state index in [1.165, 1.54) is 18.6 Å². The molecule has 4 aromatic rings. The van der Waals surface area contributed by atoms with Crippen molar-refractivity contribution in [1.29, 1.82) is 0 Å². The van der Waals surface area contributed by atoms with Gasteiger partial charge in [-0.2, -0.15) is 4.98 Å². The Labute approximate surface area is 189 Å². The summed E-state index contributed by atoms with van der Waals surface area (Å²) < 4.78 is 36.5. The van der Waals surface area contributed by atoms with Gasteiger partial charge in [0.05, 0.1) is 11.1 Å². The average molecular weight is 453 g/mol. The van der Waals surface area contributed by atoms with Gasteiger partial charge in [0.1, 0.15) is 23.6 Å². The first-order valence-corrected chi connectivity index (χ1v) is 11.0. The van der Waals surface area contributed by atoms with E-state index in [4.69, 9.17) is 4.52 Å². The van der Waals surface area contributed by atoms with Crippen molar-refractivity contribution in [3.63, 3.8) is 0 Å². The van der Waals surface area contributed by atoms with Crippen LogP contribution in [-0.4, -0.2) is 37.8 Å². The van der Waals surface area contributed by atoms with Gasteiger partial charge in [-0.05, 0) is 42.6 Å². The maximum atomic E-state index is 15.0. The highest BCUT2D eigenvalue weighted by molar-refractivity contribution is 5.90. The van der Waals surface area contributed by atoms with Crippen LogP contribution >= 0.6 is 0 Å². The second kappa shape index (κ2) is 8.42. The Morgan fingerprint density at radius 3 is 2.61 bits per heavy atom. The Hall–Kier alpha value is -3.56. The SMILES string of the molecule is Cc1ccc(Nc2ncnc3c2c(F)cn3C2CCN(c3noc(C(C)C)n3)CC2)c(F)c1. The van der Waals surface area contributed by atoms with Gasteiger partial charge in [0.15, 0.2) is 5.82 Å². The molecule has 0 bridgehead atoms. The van der Waals surface area contributed by atoms with Gasteiger partial charge in [0.2, 0.25) is 5.89 Å². The zero-order valence-electron chi connectivity index (χ0n) is 18.7. The van der Waals surface area contributed by atoms with Crippen LogP contribution in [0.4, 0.5) is 26.2 Å². The van der Waals surface area contributed by atoms with Crippen molar-refractivity contribution >= 4 is 28.5 Å². The summed E-state index contributed by atoms with van der Waals surface area (Å²) in [6, 6.07) is 4.88. The predicted molar refractivity (Wildman–Crippen MR) is 121 cm³/mol. The number of nitrogens with one attached hydrogen (secondary N) is 1. The van der Waals surface area contributed by atoms with E-state index >= 15 is 4.39 Å². The number of nitrogens with zero attached hydrogens (tertiary/aromatic N) is 6. The minimum Gasteiger partial charge on any atom is -0.338 e. The van der Waals surface area contributed by atoms with Crippen molar-refractivity contribution in [1.82, 2.24) is 24.7 Å². The number of anilines is 3. The lowest BCUT2D eigenvalue weighted by Crippen LogP contribution is -2.35. The molecular formula is C23H25F2N7O. The zero-order valence-corrected chi connectivity index (χ0v) is 18.7. The molecule has 5 rings (SSSR count). The van der Waals surface area contributed by atoms with Gasteiger partial charge in [-0.15, -0.1) is 0 Å². The number of hydrogen-bond donors (Lipinski definition) is 1. The number of halogens is 2. The molecule has 1 aliphatic heterocycles. The maximum Gasteiger partial charge on any atom is 0.266 e. The lowest BCUT2D eigenvalue weighted by atomic mass is 10.1. The van der Waals surface area contributed by atoms with Gasteiger partial charge in [-0.3, -0.25) is 0 Å². The summed E-state index contributed by atoms with van der Waals surface area (Å²) in [5.41, 5.74) is 1.52. The molecule has 0 saturated carbocycles. The van der Waals surface area contributed by atoms with Gasteiger partial charge in [-0.25, -0.2) is 18.7 Å². The zero-order chi connectivity index (χ0) is 23.1. The number of benzene rings is 1. The van der Waals surface area contributed by atoms with Crippen LogP contribution in [0.5, 0.6) is 0 Å². The molecule has 1 saturated heterocycles. The Balaban J connectivity index is 1.38. The summed E-state index contributed by atoms with van der Waals surface area (Å²) >= 11 is 0. The minimum atomic E-state index is -0.442. The van der Waals surface area contributed by atoms with E-state index in [1.54, 1.807) is 12.1 Å². The van der Waals surface area contributed by atoms with Crippen LogP contribution in [0.2, 0.25) is 0 Å². The molecular weight excluding hydrogens is 428 g/mol. The smallest absolute Gasteiger partial charge is 0.266 e. The lowest BCUT2D eigenvalue weighted by Gasteiger charge is -2.31. The molecule has 0 spiro atoms. The molecule has 0 radical (unpaired) electrons. The second-order valence-corrected chi connectivity index (χ2v) is 8.72. The van der Waals surface area contributed by atoms with E-state index in [-0.39, 0.29) is 28.9 Å². The molecule has 1 aliphatic rings. The van der Waals surface area contributed by atoms with Crippen molar-refractivity contribution in [2.75, 3.05) is 23.3 Å². The van der Waals surface area contributed by atoms with E-state index in [0.29, 0.717) is 30.6 Å². The molecule has 0 amide bonds. The Bertz CT molecular complexity index is 1290. The predicted octanol–water partition coefficient (Wildman–Crippen LogP) is 5.11. The van der Waals surface area contributed by atoms with Crippen molar-refractivity contribution in [2.24, 2.45) is 0 Å².